The number of Topliss-reactive ketones (excluding diaryl/α,β-unsaturated/α-hetero) is 1. The summed E-state index contributed by atoms with van der Waals surface area (Å²) in [5.74, 6) is -6.44. The molecule has 1 rings (SSSR count). The Labute approximate surface area is 109 Å². The van der Waals surface area contributed by atoms with Gasteiger partial charge in [-0.2, -0.15) is 13.9 Å². The molecule has 0 amide bonds. The standard InChI is InChI=1S/C10H11BrF4N2O/c1-3-17-6(8(11)5(2)16-17)4-7(18)10(14,15)9(12)13/h9H,3-4H2,1-2H3. The lowest BCUT2D eigenvalue weighted by molar-refractivity contribution is -0.166. The van der Waals surface area contributed by atoms with E-state index in [1.807, 2.05) is 0 Å². The van der Waals surface area contributed by atoms with E-state index in [0.717, 1.165) is 0 Å². The second-order valence-electron chi connectivity index (χ2n) is 3.69. The Hall–Kier alpha value is -0.920. The van der Waals surface area contributed by atoms with Crippen LogP contribution >= 0.6 is 15.9 Å². The summed E-state index contributed by atoms with van der Waals surface area (Å²) in [6.45, 7) is 3.68. The monoisotopic (exact) mass is 330 g/mol. The fourth-order valence-corrected chi connectivity index (χ4v) is 1.85. The number of carbonyl (C=O) groups excluding carboxylic acids is 1. The fraction of sp³-hybridized carbons (Fsp3) is 0.600. The van der Waals surface area contributed by atoms with Crippen LogP contribution in [0.4, 0.5) is 17.6 Å². The molecule has 0 radical (unpaired) electrons. The zero-order valence-electron chi connectivity index (χ0n) is 9.68. The lowest BCUT2D eigenvalue weighted by Gasteiger charge is -2.14. The minimum absolute atomic E-state index is 0.181. The van der Waals surface area contributed by atoms with Gasteiger partial charge in [0, 0.05) is 6.54 Å². The van der Waals surface area contributed by atoms with E-state index in [9.17, 15) is 22.4 Å². The van der Waals surface area contributed by atoms with Crippen LogP contribution in [0.1, 0.15) is 18.3 Å². The van der Waals surface area contributed by atoms with Crippen LogP contribution in [0.15, 0.2) is 4.47 Å². The molecule has 0 aliphatic heterocycles. The normalized spacial score (nSPS) is 12.2. The van der Waals surface area contributed by atoms with Gasteiger partial charge in [-0.1, -0.05) is 0 Å². The van der Waals surface area contributed by atoms with Crippen molar-refractivity contribution >= 4 is 21.7 Å². The molecule has 0 unspecified atom stereocenters. The second kappa shape index (κ2) is 5.38. The summed E-state index contributed by atoms with van der Waals surface area (Å²) in [7, 11) is 0. The average Bonchev–Trinajstić information content (AvgIpc) is 2.56. The van der Waals surface area contributed by atoms with E-state index in [4.69, 9.17) is 0 Å². The molecule has 0 spiro atoms. The molecular formula is C10H11BrF4N2O. The minimum atomic E-state index is -4.63. The van der Waals surface area contributed by atoms with Gasteiger partial charge in [-0.15, -0.1) is 0 Å². The topological polar surface area (TPSA) is 34.9 Å². The smallest absolute Gasteiger partial charge is 0.292 e. The van der Waals surface area contributed by atoms with E-state index in [1.54, 1.807) is 13.8 Å². The van der Waals surface area contributed by atoms with Crippen molar-refractivity contribution in [2.24, 2.45) is 0 Å². The van der Waals surface area contributed by atoms with Gasteiger partial charge >= 0.3 is 12.3 Å². The third kappa shape index (κ3) is 2.73. The number of aromatic nitrogens is 2. The van der Waals surface area contributed by atoms with E-state index in [0.29, 0.717) is 16.7 Å². The molecule has 0 aromatic carbocycles. The first-order valence-electron chi connectivity index (χ1n) is 5.12. The lowest BCUT2D eigenvalue weighted by atomic mass is 10.1. The molecule has 1 aromatic heterocycles. The summed E-state index contributed by atoms with van der Waals surface area (Å²) in [5, 5.41) is 3.99. The van der Waals surface area contributed by atoms with Crippen LogP contribution in [0.5, 0.6) is 0 Å². The first-order chi connectivity index (χ1) is 8.21. The highest BCUT2D eigenvalue weighted by Crippen LogP contribution is 2.28. The molecule has 8 heteroatoms. The molecule has 0 fully saturated rings. The Kier molecular flexibility index (Phi) is 4.52. The van der Waals surface area contributed by atoms with Gasteiger partial charge in [-0.3, -0.25) is 9.48 Å². The highest BCUT2D eigenvalue weighted by molar-refractivity contribution is 9.10. The van der Waals surface area contributed by atoms with Crippen LogP contribution in [-0.4, -0.2) is 27.9 Å². The van der Waals surface area contributed by atoms with Crippen molar-refractivity contribution in [3.05, 3.63) is 15.9 Å². The highest BCUT2D eigenvalue weighted by Gasteiger charge is 2.48. The predicted octanol–water partition coefficient (Wildman–Crippen LogP) is 2.99. The summed E-state index contributed by atoms with van der Waals surface area (Å²) in [6, 6.07) is 0. The van der Waals surface area contributed by atoms with E-state index in [2.05, 4.69) is 21.0 Å². The van der Waals surface area contributed by atoms with Crippen LogP contribution in [0.25, 0.3) is 0 Å². The van der Waals surface area contributed by atoms with Crippen molar-refractivity contribution in [2.75, 3.05) is 0 Å². The Morgan fingerprint density at radius 1 is 1.50 bits per heavy atom. The van der Waals surface area contributed by atoms with Gasteiger partial charge in [0.25, 0.3) is 0 Å². The highest BCUT2D eigenvalue weighted by atomic mass is 79.9. The van der Waals surface area contributed by atoms with Gasteiger partial charge in [0.2, 0.25) is 5.78 Å². The lowest BCUT2D eigenvalue weighted by Crippen LogP contribution is -2.38. The maximum Gasteiger partial charge on any atom is 0.364 e. The first kappa shape index (κ1) is 15.1. The molecule has 3 nitrogen and oxygen atoms in total. The van der Waals surface area contributed by atoms with E-state index < -0.39 is 24.6 Å². The Bertz CT molecular complexity index is 459. The molecule has 18 heavy (non-hydrogen) atoms. The molecule has 1 aromatic rings. The maximum absolute atomic E-state index is 12.9. The number of hydrogen-bond acceptors (Lipinski definition) is 2. The van der Waals surface area contributed by atoms with Crippen LogP contribution < -0.4 is 0 Å². The van der Waals surface area contributed by atoms with E-state index in [-0.39, 0.29) is 5.69 Å². The molecule has 0 aliphatic rings. The van der Waals surface area contributed by atoms with Crippen LogP contribution in [-0.2, 0) is 17.8 Å². The summed E-state index contributed by atoms with van der Waals surface area (Å²) < 4.78 is 51.5. The number of aryl methyl sites for hydroxylation is 2. The van der Waals surface area contributed by atoms with Gasteiger partial charge in [0.1, 0.15) is 0 Å². The molecule has 0 bridgehead atoms. The number of carbonyl (C=O) groups is 1. The molecule has 102 valence electrons. The van der Waals surface area contributed by atoms with Crippen molar-refractivity contribution in [1.29, 1.82) is 0 Å². The number of nitrogens with zero attached hydrogens (tertiary/aromatic N) is 2. The fourth-order valence-electron chi connectivity index (χ4n) is 1.43. The van der Waals surface area contributed by atoms with Crippen LogP contribution in [0, 0.1) is 6.92 Å². The maximum atomic E-state index is 12.9. The number of halogens is 5. The quantitative estimate of drug-likeness (QED) is 0.778. The van der Waals surface area contributed by atoms with Crippen molar-refractivity contribution in [3.8, 4) is 0 Å². The number of rotatable bonds is 5. The number of hydrogen-bond donors (Lipinski definition) is 0. The Morgan fingerprint density at radius 2 is 2.06 bits per heavy atom. The summed E-state index contributed by atoms with van der Waals surface area (Å²) >= 11 is 3.11. The van der Waals surface area contributed by atoms with Gasteiger partial charge in [-0.25, -0.2) is 8.78 Å². The molecule has 1 heterocycles. The van der Waals surface area contributed by atoms with Crippen molar-refractivity contribution in [3.63, 3.8) is 0 Å². The zero-order valence-corrected chi connectivity index (χ0v) is 11.3. The molecule has 0 saturated heterocycles. The Morgan fingerprint density at radius 3 is 2.50 bits per heavy atom. The van der Waals surface area contributed by atoms with Crippen LogP contribution in [0.2, 0.25) is 0 Å². The molecule has 0 N–H and O–H groups in total. The van der Waals surface area contributed by atoms with Gasteiger partial charge in [0.05, 0.1) is 22.3 Å². The molecular weight excluding hydrogens is 320 g/mol. The average molecular weight is 331 g/mol. The Balaban J connectivity index is 3.02. The SMILES string of the molecule is CCn1nc(C)c(Br)c1CC(=O)C(F)(F)C(F)F. The van der Waals surface area contributed by atoms with Crippen molar-refractivity contribution in [2.45, 2.75) is 39.2 Å². The van der Waals surface area contributed by atoms with E-state index in [1.165, 1.54) is 4.68 Å². The van der Waals surface area contributed by atoms with Crippen LogP contribution in [0.3, 0.4) is 0 Å². The van der Waals surface area contributed by atoms with Gasteiger partial charge in [-0.05, 0) is 29.8 Å². The summed E-state index contributed by atoms with van der Waals surface area (Å²) in [5.41, 5.74) is 0.695. The van der Waals surface area contributed by atoms with E-state index >= 15 is 0 Å². The summed E-state index contributed by atoms with van der Waals surface area (Å²) in [6.07, 6.45) is -4.78. The second-order valence-corrected chi connectivity index (χ2v) is 4.48. The largest absolute Gasteiger partial charge is 0.364 e. The third-order valence-electron chi connectivity index (χ3n) is 2.43. The van der Waals surface area contributed by atoms with Gasteiger partial charge in [0.15, 0.2) is 0 Å². The van der Waals surface area contributed by atoms with Crippen molar-refractivity contribution in [1.82, 2.24) is 9.78 Å². The summed E-state index contributed by atoms with van der Waals surface area (Å²) in [4.78, 5) is 11.2. The van der Waals surface area contributed by atoms with Crippen molar-refractivity contribution < 1.29 is 22.4 Å². The molecule has 0 saturated carbocycles. The zero-order chi connectivity index (χ0) is 14.1. The minimum Gasteiger partial charge on any atom is -0.292 e. The molecule has 0 aliphatic carbocycles. The predicted molar refractivity (Wildman–Crippen MR) is 60.0 cm³/mol. The number of ketones is 1. The van der Waals surface area contributed by atoms with Gasteiger partial charge < -0.3 is 0 Å². The molecule has 0 atom stereocenters. The third-order valence-corrected chi connectivity index (χ3v) is 3.46. The first-order valence-corrected chi connectivity index (χ1v) is 5.92. The number of alkyl halides is 4.